The lowest BCUT2D eigenvalue weighted by Gasteiger charge is -2.27. The normalized spacial score (nSPS) is 11.7. The molecule has 2 aromatic heterocycles. The van der Waals surface area contributed by atoms with Gasteiger partial charge in [-0.2, -0.15) is 0 Å². The second-order valence-electron chi connectivity index (χ2n) is 12.5. The van der Waals surface area contributed by atoms with Gasteiger partial charge in [-0.25, -0.2) is 0 Å². The second-order valence-corrected chi connectivity index (χ2v) is 12.5. The molecule has 230 valence electrons. The smallest absolute Gasteiger partial charge is 0.143 e. The van der Waals surface area contributed by atoms with Crippen LogP contribution >= 0.6 is 0 Å². The highest BCUT2D eigenvalue weighted by Crippen LogP contribution is 2.46. The van der Waals surface area contributed by atoms with Crippen LogP contribution in [0.3, 0.4) is 0 Å². The summed E-state index contributed by atoms with van der Waals surface area (Å²) in [4.78, 5) is 2.36. The maximum Gasteiger partial charge on any atom is 0.143 e. The van der Waals surface area contributed by atoms with Gasteiger partial charge in [0.2, 0.25) is 0 Å². The molecule has 0 aliphatic heterocycles. The van der Waals surface area contributed by atoms with E-state index in [0.717, 1.165) is 94.0 Å². The molecule has 3 heteroatoms. The Labute approximate surface area is 282 Å². The molecule has 0 saturated heterocycles. The predicted octanol–water partition coefficient (Wildman–Crippen LogP) is 13.4. The van der Waals surface area contributed by atoms with Gasteiger partial charge in [0.15, 0.2) is 0 Å². The van der Waals surface area contributed by atoms with Crippen molar-refractivity contribution in [3.63, 3.8) is 0 Å². The van der Waals surface area contributed by atoms with E-state index < -0.39 is 0 Å². The van der Waals surface area contributed by atoms with Crippen molar-refractivity contribution in [2.45, 2.75) is 0 Å². The molecule has 0 saturated carbocycles. The van der Waals surface area contributed by atoms with Gasteiger partial charge < -0.3 is 13.7 Å². The number of anilines is 3. The van der Waals surface area contributed by atoms with Crippen LogP contribution in [0.2, 0.25) is 0 Å². The Morgan fingerprint density at radius 1 is 0.327 bits per heavy atom. The van der Waals surface area contributed by atoms with Crippen LogP contribution in [0, 0.1) is 0 Å². The van der Waals surface area contributed by atoms with Gasteiger partial charge in [0, 0.05) is 49.3 Å². The zero-order valence-corrected chi connectivity index (χ0v) is 26.5. The predicted molar refractivity (Wildman–Crippen MR) is 204 cm³/mol. The lowest BCUT2D eigenvalue weighted by atomic mass is 9.99. The van der Waals surface area contributed by atoms with Crippen molar-refractivity contribution in [2.24, 2.45) is 0 Å². The lowest BCUT2D eigenvalue weighted by molar-refractivity contribution is 0.669. The van der Waals surface area contributed by atoms with Gasteiger partial charge in [0.05, 0.1) is 5.69 Å². The Balaban J connectivity index is 1.15. The first-order chi connectivity index (χ1) is 24.3. The molecule has 0 amide bonds. The molecular weight excluding hydrogens is 599 g/mol. The van der Waals surface area contributed by atoms with E-state index in [1.165, 1.54) is 0 Å². The van der Waals surface area contributed by atoms with Gasteiger partial charge in [-0.15, -0.1) is 0 Å². The number of nitrogens with zero attached hydrogens (tertiary/aromatic N) is 1. The molecule has 10 rings (SSSR count). The molecular formula is C46H29NO2. The molecule has 0 N–H and O–H groups in total. The molecule has 0 bridgehead atoms. The molecule has 0 unspecified atom stereocenters. The topological polar surface area (TPSA) is 29.5 Å². The molecule has 3 nitrogen and oxygen atoms in total. The van der Waals surface area contributed by atoms with Gasteiger partial charge >= 0.3 is 0 Å². The summed E-state index contributed by atoms with van der Waals surface area (Å²) >= 11 is 0. The highest BCUT2D eigenvalue weighted by Gasteiger charge is 2.21. The van der Waals surface area contributed by atoms with Crippen molar-refractivity contribution >= 4 is 71.7 Å². The third-order valence-electron chi connectivity index (χ3n) is 9.66. The number of para-hydroxylation sites is 3. The third-order valence-corrected chi connectivity index (χ3v) is 9.66. The van der Waals surface area contributed by atoms with Crippen LogP contribution in [0.4, 0.5) is 17.1 Å². The van der Waals surface area contributed by atoms with Crippen molar-refractivity contribution in [2.75, 3.05) is 4.90 Å². The minimum absolute atomic E-state index is 0.899. The Kier molecular flexibility index (Phi) is 6.18. The van der Waals surface area contributed by atoms with Gasteiger partial charge in [-0.05, 0) is 65.2 Å². The van der Waals surface area contributed by atoms with Gasteiger partial charge in [0.1, 0.15) is 22.3 Å². The molecule has 0 atom stereocenters. The number of fused-ring (bicyclic) bond motifs is 8. The van der Waals surface area contributed by atoms with Crippen molar-refractivity contribution < 1.29 is 8.83 Å². The summed E-state index contributed by atoms with van der Waals surface area (Å²) in [5, 5.41) is 6.69. The third kappa shape index (κ3) is 4.44. The number of hydrogen-bond donors (Lipinski definition) is 0. The van der Waals surface area contributed by atoms with E-state index in [9.17, 15) is 0 Å². The Morgan fingerprint density at radius 3 is 1.76 bits per heavy atom. The van der Waals surface area contributed by atoms with Crippen LogP contribution in [0.15, 0.2) is 185 Å². The largest absolute Gasteiger partial charge is 0.456 e. The fraction of sp³-hybridized carbons (Fsp3) is 0. The first kappa shape index (κ1) is 27.5. The maximum absolute atomic E-state index is 6.79. The number of rotatable bonds is 5. The van der Waals surface area contributed by atoms with E-state index in [1.54, 1.807) is 0 Å². The summed E-state index contributed by atoms with van der Waals surface area (Å²) in [6, 6.07) is 61.9. The summed E-state index contributed by atoms with van der Waals surface area (Å²) in [5.74, 6) is 0. The average molecular weight is 628 g/mol. The quantitative estimate of drug-likeness (QED) is 0.190. The summed E-state index contributed by atoms with van der Waals surface area (Å²) in [5.41, 5.74) is 11.4. The molecule has 0 spiro atoms. The van der Waals surface area contributed by atoms with Crippen LogP contribution in [0.5, 0.6) is 0 Å². The van der Waals surface area contributed by atoms with E-state index in [2.05, 4.69) is 163 Å². The lowest BCUT2D eigenvalue weighted by Crippen LogP contribution is -2.10. The molecule has 8 aromatic carbocycles. The highest BCUT2D eigenvalue weighted by atomic mass is 16.3. The average Bonchev–Trinajstić information content (AvgIpc) is 3.74. The SMILES string of the molecule is c1ccc(-c2cccc3c2oc2c4ccccc4c(N(c4ccccc4)c4ccc(-c5ccc6c(c5)oc5ccccc56)cc4)cc32)cc1. The van der Waals surface area contributed by atoms with Crippen LogP contribution in [-0.2, 0) is 0 Å². The summed E-state index contributed by atoms with van der Waals surface area (Å²) < 4.78 is 13.0. The van der Waals surface area contributed by atoms with Crippen molar-refractivity contribution in [1.82, 2.24) is 0 Å². The van der Waals surface area contributed by atoms with Crippen molar-refractivity contribution in [1.29, 1.82) is 0 Å². The summed E-state index contributed by atoms with van der Waals surface area (Å²) in [6.45, 7) is 0. The first-order valence-corrected chi connectivity index (χ1v) is 16.6. The molecule has 0 aliphatic carbocycles. The Morgan fingerprint density at radius 2 is 0.939 bits per heavy atom. The van der Waals surface area contributed by atoms with E-state index in [0.29, 0.717) is 0 Å². The second kappa shape index (κ2) is 11.0. The van der Waals surface area contributed by atoms with Crippen LogP contribution in [-0.4, -0.2) is 0 Å². The molecule has 0 fully saturated rings. The molecule has 0 radical (unpaired) electrons. The number of furan rings is 2. The first-order valence-electron chi connectivity index (χ1n) is 16.6. The fourth-order valence-corrected chi connectivity index (χ4v) is 7.34. The molecule has 49 heavy (non-hydrogen) atoms. The fourth-order valence-electron chi connectivity index (χ4n) is 7.34. The van der Waals surface area contributed by atoms with E-state index >= 15 is 0 Å². The number of hydrogen-bond acceptors (Lipinski definition) is 3. The van der Waals surface area contributed by atoms with Gasteiger partial charge in [-0.1, -0.05) is 127 Å². The monoisotopic (exact) mass is 627 g/mol. The minimum atomic E-state index is 0.899. The highest BCUT2D eigenvalue weighted by molar-refractivity contribution is 6.21. The van der Waals surface area contributed by atoms with Gasteiger partial charge in [-0.3, -0.25) is 0 Å². The van der Waals surface area contributed by atoms with Gasteiger partial charge in [0.25, 0.3) is 0 Å². The van der Waals surface area contributed by atoms with E-state index in [4.69, 9.17) is 8.83 Å². The zero-order valence-electron chi connectivity index (χ0n) is 26.5. The Hall–Kier alpha value is -6.58. The van der Waals surface area contributed by atoms with Crippen LogP contribution in [0.1, 0.15) is 0 Å². The standard InChI is InChI=1S/C46H29NO2/c1-3-12-31(13-4-1)35-19-11-20-40-41-29-42(36-16-7-8-18-39(36)46(41)49-45(35)40)47(33-14-5-2-6-15-33)34-25-22-30(23-26-34)32-24-27-38-37-17-9-10-21-43(37)48-44(38)28-32/h1-29H. The maximum atomic E-state index is 6.79. The van der Waals surface area contributed by atoms with Crippen LogP contribution < -0.4 is 4.90 Å². The summed E-state index contributed by atoms with van der Waals surface area (Å²) in [6.07, 6.45) is 0. The summed E-state index contributed by atoms with van der Waals surface area (Å²) in [7, 11) is 0. The van der Waals surface area contributed by atoms with Crippen molar-refractivity contribution in [3.8, 4) is 22.3 Å². The molecule has 2 heterocycles. The van der Waals surface area contributed by atoms with Crippen molar-refractivity contribution in [3.05, 3.63) is 176 Å². The van der Waals surface area contributed by atoms with E-state index in [1.807, 2.05) is 18.2 Å². The molecule has 10 aromatic rings. The zero-order chi connectivity index (χ0) is 32.3. The van der Waals surface area contributed by atoms with E-state index in [-0.39, 0.29) is 0 Å². The minimum Gasteiger partial charge on any atom is -0.456 e. The number of benzene rings is 8. The van der Waals surface area contributed by atoms with Crippen LogP contribution in [0.25, 0.3) is 76.9 Å². The Bertz CT molecular complexity index is 2810. The molecule has 0 aliphatic rings.